The van der Waals surface area contributed by atoms with E-state index in [-0.39, 0.29) is 18.4 Å². The van der Waals surface area contributed by atoms with E-state index >= 15 is 0 Å². The summed E-state index contributed by atoms with van der Waals surface area (Å²) in [6.07, 6.45) is 10.3. The molecule has 0 aromatic heterocycles. The van der Waals surface area contributed by atoms with Crippen molar-refractivity contribution in [1.29, 1.82) is 0 Å². The number of allylic oxidation sites excluding steroid dienone is 2. The van der Waals surface area contributed by atoms with Crippen LogP contribution < -0.4 is 10.6 Å². The van der Waals surface area contributed by atoms with Gasteiger partial charge >= 0.3 is 0 Å². The molecule has 0 saturated carbocycles. The second-order valence-electron chi connectivity index (χ2n) is 8.52. The average Bonchev–Trinajstić information content (AvgIpc) is 3.45. The van der Waals surface area contributed by atoms with E-state index in [4.69, 9.17) is 0 Å². The summed E-state index contributed by atoms with van der Waals surface area (Å²) in [5.41, 5.74) is 4.10. The van der Waals surface area contributed by atoms with Crippen LogP contribution in [0.4, 0.5) is 0 Å². The predicted octanol–water partition coefficient (Wildman–Crippen LogP) is 2.41. The lowest BCUT2D eigenvalue weighted by Gasteiger charge is -2.17. The summed E-state index contributed by atoms with van der Waals surface area (Å²) in [4.78, 5) is 26.6. The quantitative estimate of drug-likeness (QED) is 0.646. The summed E-state index contributed by atoms with van der Waals surface area (Å²) < 4.78 is 0. The van der Waals surface area contributed by atoms with E-state index in [9.17, 15) is 14.7 Å². The van der Waals surface area contributed by atoms with Crippen LogP contribution in [0.25, 0.3) is 0 Å². The Hall–Kier alpha value is -2.44. The van der Waals surface area contributed by atoms with E-state index in [1.807, 2.05) is 4.90 Å². The highest BCUT2D eigenvalue weighted by Crippen LogP contribution is 2.33. The van der Waals surface area contributed by atoms with Gasteiger partial charge in [0.15, 0.2) is 0 Å². The van der Waals surface area contributed by atoms with Crippen molar-refractivity contribution in [2.45, 2.75) is 50.7 Å². The number of aliphatic hydroxyl groups is 1. The van der Waals surface area contributed by atoms with Crippen LogP contribution in [-0.4, -0.2) is 60.1 Å². The molecule has 1 heterocycles. The number of hydrogen-bond donors (Lipinski definition) is 3. The number of benzene rings is 1. The molecule has 2 unspecified atom stereocenters. The van der Waals surface area contributed by atoms with Crippen molar-refractivity contribution in [3.8, 4) is 0 Å². The molecule has 6 heteroatoms. The van der Waals surface area contributed by atoms with E-state index in [1.165, 1.54) is 5.57 Å². The molecule has 2 aliphatic carbocycles. The molecule has 30 heavy (non-hydrogen) atoms. The van der Waals surface area contributed by atoms with Crippen LogP contribution >= 0.6 is 0 Å². The first-order valence-corrected chi connectivity index (χ1v) is 11.1. The molecule has 1 aromatic carbocycles. The summed E-state index contributed by atoms with van der Waals surface area (Å²) in [7, 11) is 0. The first-order valence-electron chi connectivity index (χ1n) is 11.1. The lowest BCUT2D eigenvalue weighted by molar-refractivity contribution is 0.0792. The second-order valence-corrected chi connectivity index (χ2v) is 8.52. The molecule has 1 saturated heterocycles. The van der Waals surface area contributed by atoms with Gasteiger partial charge in [0.2, 0.25) is 0 Å². The topological polar surface area (TPSA) is 81.7 Å². The van der Waals surface area contributed by atoms with Crippen molar-refractivity contribution in [3.05, 3.63) is 58.7 Å². The minimum Gasteiger partial charge on any atom is -0.390 e. The lowest BCUT2D eigenvalue weighted by Crippen LogP contribution is -2.41. The Kier molecular flexibility index (Phi) is 6.65. The van der Waals surface area contributed by atoms with Gasteiger partial charge in [-0.05, 0) is 68.4 Å². The van der Waals surface area contributed by atoms with Gasteiger partial charge in [-0.15, -0.1) is 0 Å². The summed E-state index contributed by atoms with van der Waals surface area (Å²) in [5.74, 6) is -0.211. The predicted molar refractivity (Wildman–Crippen MR) is 116 cm³/mol. The fourth-order valence-electron chi connectivity index (χ4n) is 4.54. The van der Waals surface area contributed by atoms with Crippen molar-refractivity contribution in [2.24, 2.45) is 0 Å². The van der Waals surface area contributed by atoms with E-state index in [2.05, 4.69) is 22.8 Å². The van der Waals surface area contributed by atoms with Crippen LogP contribution in [0.3, 0.4) is 0 Å². The summed E-state index contributed by atoms with van der Waals surface area (Å²) in [6, 6.07) is 7.13. The number of aliphatic hydroxyl groups excluding tert-OH is 1. The van der Waals surface area contributed by atoms with Crippen LogP contribution in [0.2, 0.25) is 0 Å². The van der Waals surface area contributed by atoms with Gasteiger partial charge in [-0.3, -0.25) is 9.59 Å². The number of amides is 2. The highest BCUT2D eigenvalue weighted by molar-refractivity contribution is 5.97. The van der Waals surface area contributed by atoms with Gasteiger partial charge < -0.3 is 20.6 Å². The highest BCUT2D eigenvalue weighted by Gasteiger charge is 2.24. The Morgan fingerprint density at radius 1 is 1.07 bits per heavy atom. The SMILES string of the molecule is O=C(NCC(O)CNC1CC2=C(CCC=C2)C1)c1ccc(C(=O)N2CCCC2)cc1. The Bertz CT molecular complexity index is 838. The molecule has 0 radical (unpaired) electrons. The van der Waals surface area contributed by atoms with E-state index in [0.717, 1.165) is 51.6 Å². The summed E-state index contributed by atoms with van der Waals surface area (Å²) in [6.45, 7) is 2.27. The van der Waals surface area contributed by atoms with Crippen LogP contribution in [0.15, 0.2) is 47.6 Å². The largest absolute Gasteiger partial charge is 0.390 e. The molecule has 1 aliphatic heterocycles. The van der Waals surface area contributed by atoms with Gasteiger partial charge in [-0.1, -0.05) is 17.7 Å². The number of carbonyl (C=O) groups excluding carboxylic acids is 2. The third kappa shape index (κ3) is 4.99. The van der Waals surface area contributed by atoms with E-state index < -0.39 is 6.10 Å². The van der Waals surface area contributed by atoms with Crippen molar-refractivity contribution in [3.63, 3.8) is 0 Å². The Morgan fingerprint density at radius 2 is 1.80 bits per heavy atom. The maximum absolute atomic E-state index is 12.4. The number of nitrogens with one attached hydrogen (secondary N) is 2. The zero-order chi connectivity index (χ0) is 20.9. The lowest BCUT2D eigenvalue weighted by atomic mass is 10.0. The number of hydrogen-bond acceptors (Lipinski definition) is 4. The second kappa shape index (κ2) is 9.58. The molecule has 160 valence electrons. The molecule has 1 aromatic rings. The zero-order valence-corrected chi connectivity index (χ0v) is 17.4. The van der Waals surface area contributed by atoms with Gasteiger partial charge in [0, 0.05) is 43.3 Å². The highest BCUT2D eigenvalue weighted by atomic mass is 16.3. The van der Waals surface area contributed by atoms with Crippen molar-refractivity contribution in [1.82, 2.24) is 15.5 Å². The number of likely N-dealkylation sites (tertiary alicyclic amines) is 1. The first-order chi connectivity index (χ1) is 14.6. The van der Waals surface area contributed by atoms with Crippen molar-refractivity contribution in [2.75, 3.05) is 26.2 Å². The molecule has 0 spiro atoms. The van der Waals surface area contributed by atoms with Gasteiger partial charge in [0.05, 0.1) is 6.10 Å². The minimum absolute atomic E-state index is 0.0273. The molecule has 0 bridgehead atoms. The van der Waals surface area contributed by atoms with Crippen LogP contribution in [0.5, 0.6) is 0 Å². The average molecular weight is 410 g/mol. The van der Waals surface area contributed by atoms with Crippen LogP contribution in [0, 0.1) is 0 Å². The van der Waals surface area contributed by atoms with Crippen molar-refractivity contribution < 1.29 is 14.7 Å². The third-order valence-corrected chi connectivity index (χ3v) is 6.27. The zero-order valence-electron chi connectivity index (χ0n) is 17.4. The van der Waals surface area contributed by atoms with Gasteiger partial charge in [0.1, 0.15) is 0 Å². The minimum atomic E-state index is -0.641. The summed E-state index contributed by atoms with van der Waals surface area (Å²) >= 11 is 0. The van der Waals surface area contributed by atoms with Crippen LogP contribution in [0.1, 0.15) is 59.2 Å². The fraction of sp³-hybridized carbons (Fsp3) is 0.500. The summed E-state index contributed by atoms with van der Waals surface area (Å²) in [5, 5.41) is 16.5. The van der Waals surface area contributed by atoms with Gasteiger partial charge in [-0.25, -0.2) is 0 Å². The molecule has 6 nitrogen and oxygen atoms in total. The van der Waals surface area contributed by atoms with E-state index in [1.54, 1.807) is 29.8 Å². The third-order valence-electron chi connectivity index (χ3n) is 6.27. The van der Waals surface area contributed by atoms with Crippen LogP contribution in [-0.2, 0) is 0 Å². The number of carbonyl (C=O) groups is 2. The van der Waals surface area contributed by atoms with Gasteiger partial charge in [0.25, 0.3) is 11.8 Å². The Labute approximate surface area is 178 Å². The molecular formula is C24H31N3O3. The standard InChI is InChI=1S/C24H31N3O3/c28-22(15-25-21-13-19-5-1-2-6-20(19)14-21)16-26-23(29)17-7-9-18(10-8-17)24(30)27-11-3-4-12-27/h1,5,7-10,21-22,25,28H,2-4,6,11-16H2,(H,26,29). The molecule has 2 amide bonds. The normalized spacial score (nSPS) is 21.6. The molecule has 3 aliphatic rings. The van der Waals surface area contributed by atoms with E-state index in [0.29, 0.717) is 23.7 Å². The number of rotatable bonds is 7. The van der Waals surface area contributed by atoms with Crippen molar-refractivity contribution >= 4 is 11.8 Å². The molecule has 2 atom stereocenters. The van der Waals surface area contributed by atoms with Gasteiger partial charge in [-0.2, -0.15) is 0 Å². The maximum Gasteiger partial charge on any atom is 0.253 e. The smallest absolute Gasteiger partial charge is 0.253 e. The molecular weight excluding hydrogens is 378 g/mol. The first kappa shape index (κ1) is 20.8. The number of nitrogens with zero attached hydrogens (tertiary/aromatic N) is 1. The maximum atomic E-state index is 12.4. The molecule has 1 fully saturated rings. The monoisotopic (exact) mass is 409 g/mol. The fourth-order valence-corrected chi connectivity index (χ4v) is 4.54. The molecule has 3 N–H and O–H groups in total. The molecule has 4 rings (SSSR count). The Balaban J connectivity index is 1.18. The Morgan fingerprint density at radius 3 is 2.53 bits per heavy atom.